The molecular formula is C8H17NO. The van der Waals surface area contributed by atoms with Crippen molar-refractivity contribution in [3.8, 4) is 0 Å². The molecule has 0 radical (unpaired) electrons. The number of ketones is 1. The second-order valence-corrected chi connectivity index (χ2v) is 2.64. The Balaban J connectivity index is 3.21. The van der Waals surface area contributed by atoms with Gasteiger partial charge in [0.15, 0.2) is 0 Å². The molecule has 0 aliphatic heterocycles. The summed E-state index contributed by atoms with van der Waals surface area (Å²) in [5, 5.41) is 3.13. The van der Waals surface area contributed by atoms with Crippen LogP contribution in [0.3, 0.4) is 0 Å². The first kappa shape index (κ1) is 9.63. The molecular weight excluding hydrogens is 126 g/mol. The molecule has 0 heterocycles. The van der Waals surface area contributed by atoms with Crippen molar-refractivity contribution in [2.75, 3.05) is 6.54 Å². The van der Waals surface area contributed by atoms with Crippen molar-refractivity contribution in [2.24, 2.45) is 0 Å². The van der Waals surface area contributed by atoms with Crippen molar-refractivity contribution in [1.82, 2.24) is 5.32 Å². The van der Waals surface area contributed by atoms with Crippen molar-refractivity contribution < 1.29 is 4.79 Å². The second-order valence-electron chi connectivity index (χ2n) is 2.64. The minimum Gasteiger partial charge on any atom is -0.308 e. The van der Waals surface area contributed by atoms with E-state index in [0.717, 1.165) is 13.0 Å². The number of hydrogen-bond acceptors (Lipinski definition) is 2. The molecule has 0 aromatic heterocycles. The molecule has 2 heteroatoms. The molecule has 0 saturated heterocycles. The van der Waals surface area contributed by atoms with Crippen LogP contribution in [-0.4, -0.2) is 18.4 Å². The van der Waals surface area contributed by atoms with Crippen LogP contribution in [0.1, 0.15) is 33.6 Å². The van der Waals surface area contributed by atoms with Gasteiger partial charge in [0.2, 0.25) is 0 Å². The molecule has 0 aromatic rings. The highest BCUT2D eigenvalue weighted by molar-refractivity contribution is 5.80. The van der Waals surface area contributed by atoms with Gasteiger partial charge in [-0.3, -0.25) is 4.79 Å². The van der Waals surface area contributed by atoms with Gasteiger partial charge in [-0.05, 0) is 26.8 Å². The van der Waals surface area contributed by atoms with Crippen molar-refractivity contribution in [3.05, 3.63) is 0 Å². The number of carbonyl (C=O) groups excluding carboxylic acids is 1. The Morgan fingerprint density at radius 3 is 2.60 bits per heavy atom. The van der Waals surface area contributed by atoms with Gasteiger partial charge < -0.3 is 5.32 Å². The lowest BCUT2D eigenvalue weighted by atomic mass is 10.2. The first-order chi connectivity index (χ1) is 4.68. The molecule has 0 aliphatic carbocycles. The number of carbonyl (C=O) groups is 1. The molecule has 60 valence electrons. The van der Waals surface area contributed by atoms with E-state index in [9.17, 15) is 4.79 Å². The van der Waals surface area contributed by atoms with Crippen LogP contribution in [0.2, 0.25) is 0 Å². The van der Waals surface area contributed by atoms with E-state index in [-0.39, 0.29) is 11.8 Å². The van der Waals surface area contributed by atoms with Crippen molar-refractivity contribution in [3.63, 3.8) is 0 Å². The molecule has 0 fully saturated rings. The van der Waals surface area contributed by atoms with Crippen LogP contribution in [-0.2, 0) is 4.79 Å². The highest BCUT2D eigenvalue weighted by Crippen LogP contribution is 1.86. The van der Waals surface area contributed by atoms with Crippen LogP contribution in [0.5, 0.6) is 0 Å². The molecule has 0 saturated carbocycles. The fourth-order valence-corrected chi connectivity index (χ4v) is 0.639. The van der Waals surface area contributed by atoms with Gasteiger partial charge in [0.25, 0.3) is 0 Å². The van der Waals surface area contributed by atoms with Gasteiger partial charge in [-0.15, -0.1) is 0 Å². The monoisotopic (exact) mass is 143 g/mol. The zero-order valence-electron chi connectivity index (χ0n) is 7.11. The molecule has 0 amide bonds. The number of hydrogen-bond donors (Lipinski definition) is 1. The van der Waals surface area contributed by atoms with Crippen LogP contribution in [0.15, 0.2) is 0 Å². The third kappa shape index (κ3) is 4.50. The Bertz CT molecular complexity index is 101. The third-order valence-electron chi connectivity index (χ3n) is 1.59. The maximum atomic E-state index is 10.7. The van der Waals surface area contributed by atoms with E-state index in [1.165, 1.54) is 6.42 Å². The Labute approximate surface area is 63.0 Å². The molecule has 0 rings (SSSR count). The Morgan fingerprint density at radius 1 is 1.60 bits per heavy atom. The molecule has 0 bridgehead atoms. The van der Waals surface area contributed by atoms with E-state index in [2.05, 4.69) is 12.2 Å². The molecule has 10 heavy (non-hydrogen) atoms. The first-order valence-electron chi connectivity index (χ1n) is 3.92. The molecule has 1 N–H and O–H groups in total. The van der Waals surface area contributed by atoms with E-state index in [4.69, 9.17) is 0 Å². The van der Waals surface area contributed by atoms with Crippen molar-refractivity contribution in [2.45, 2.75) is 39.7 Å². The number of Topliss-reactive ketones (excluding diaryl/α,β-unsaturated/α-hetero) is 1. The Kier molecular flexibility index (Phi) is 5.22. The van der Waals surface area contributed by atoms with E-state index in [1.54, 1.807) is 6.92 Å². The summed E-state index contributed by atoms with van der Waals surface area (Å²) in [7, 11) is 0. The zero-order chi connectivity index (χ0) is 7.98. The molecule has 2 nitrogen and oxygen atoms in total. The smallest absolute Gasteiger partial charge is 0.146 e. The van der Waals surface area contributed by atoms with Crippen LogP contribution >= 0.6 is 0 Å². The summed E-state index contributed by atoms with van der Waals surface area (Å²) in [6.07, 6.45) is 2.33. The number of unbranched alkanes of at least 4 members (excludes halogenated alkanes) is 1. The number of rotatable bonds is 5. The maximum absolute atomic E-state index is 10.7. The predicted molar refractivity (Wildman–Crippen MR) is 43.1 cm³/mol. The van der Waals surface area contributed by atoms with E-state index in [1.807, 2.05) is 6.92 Å². The lowest BCUT2D eigenvalue weighted by Crippen LogP contribution is -2.32. The van der Waals surface area contributed by atoms with Crippen molar-refractivity contribution in [1.29, 1.82) is 0 Å². The van der Waals surface area contributed by atoms with Gasteiger partial charge in [-0.1, -0.05) is 13.3 Å². The van der Waals surface area contributed by atoms with Gasteiger partial charge in [-0.2, -0.15) is 0 Å². The molecule has 0 spiro atoms. The summed E-state index contributed by atoms with van der Waals surface area (Å²) in [6.45, 7) is 6.61. The number of nitrogens with one attached hydrogen (secondary N) is 1. The maximum Gasteiger partial charge on any atom is 0.146 e. The molecule has 1 unspecified atom stereocenters. The fraction of sp³-hybridized carbons (Fsp3) is 0.875. The minimum atomic E-state index is 0.0338. The predicted octanol–water partition coefficient (Wildman–Crippen LogP) is 1.35. The standard InChI is InChI=1S/C8H17NO/c1-4-5-6-9-7(2)8(3)10/h7,9H,4-6H2,1-3H3. The zero-order valence-corrected chi connectivity index (χ0v) is 7.11. The molecule has 0 aliphatic rings. The highest BCUT2D eigenvalue weighted by Gasteiger charge is 2.03. The van der Waals surface area contributed by atoms with Crippen LogP contribution in [0.4, 0.5) is 0 Å². The van der Waals surface area contributed by atoms with Crippen LogP contribution in [0, 0.1) is 0 Å². The van der Waals surface area contributed by atoms with Gasteiger partial charge in [0, 0.05) is 0 Å². The van der Waals surface area contributed by atoms with Gasteiger partial charge >= 0.3 is 0 Å². The summed E-state index contributed by atoms with van der Waals surface area (Å²) < 4.78 is 0. The average molecular weight is 143 g/mol. The first-order valence-corrected chi connectivity index (χ1v) is 3.92. The van der Waals surface area contributed by atoms with Gasteiger partial charge in [0.1, 0.15) is 5.78 Å². The quantitative estimate of drug-likeness (QED) is 0.589. The largest absolute Gasteiger partial charge is 0.308 e. The summed E-state index contributed by atoms with van der Waals surface area (Å²) >= 11 is 0. The van der Waals surface area contributed by atoms with E-state index in [0.29, 0.717) is 0 Å². The highest BCUT2D eigenvalue weighted by atomic mass is 16.1. The minimum absolute atomic E-state index is 0.0338. The second kappa shape index (κ2) is 5.42. The van der Waals surface area contributed by atoms with Crippen LogP contribution in [0.25, 0.3) is 0 Å². The van der Waals surface area contributed by atoms with Crippen LogP contribution < -0.4 is 5.32 Å². The summed E-state index contributed by atoms with van der Waals surface area (Å²) in [5.74, 6) is 0.219. The Hall–Kier alpha value is -0.370. The van der Waals surface area contributed by atoms with Gasteiger partial charge in [-0.25, -0.2) is 0 Å². The summed E-state index contributed by atoms with van der Waals surface area (Å²) in [4.78, 5) is 10.7. The summed E-state index contributed by atoms with van der Waals surface area (Å²) in [6, 6.07) is 0.0338. The SMILES string of the molecule is CCCCNC(C)C(C)=O. The topological polar surface area (TPSA) is 29.1 Å². The summed E-state index contributed by atoms with van der Waals surface area (Å²) in [5.41, 5.74) is 0. The van der Waals surface area contributed by atoms with Gasteiger partial charge in [0.05, 0.1) is 6.04 Å². The fourth-order valence-electron chi connectivity index (χ4n) is 0.639. The average Bonchev–Trinajstić information content (AvgIpc) is 1.88. The van der Waals surface area contributed by atoms with E-state index < -0.39 is 0 Å². The lowest BCUT2D eigenvalue weighted by Gasteiger charge is -2.08. The van der Waals surface area contributed by atoms with Crippen molar-refractivity contribution >= 4 is 5.78 Å². The molecule has 1 atom stereocenters. The lowest BCUT2D eigenvalue weighted by molar-refractivity contribution is -0.118. The Morgan fingerprint density at radius 2 is 2.20 bits per heavy atom. The third-order valence-corrected chi connectivity index (χ3v) is 1.59. The normalized spacial score (nSPS) is 13.1. The molecule has 0 aromatic carbocycles. The van der Waals surface area contributed by atoms with E-state index >= 15 is 0 Å².